The van der Waals surface area contributed by atoms with Crippen LogP contribution in [0.4, 0.5) is 0 Å². The molecule has 3 aromatic rings. The fraction of sp³-hybridized carbons (Fsp3) is 0.231. The van der Waals surface area contributed by atoms with E-state index in [0.29, 0.717) is 6.04 Å². The number of aryl methyl sites for hydroxylation is 2. The summed E-state index contributed by atoms with van der Waals surface area (Å²) in [7, 11) is 0. The Hall–Kier alpha value is -3.40. The van der Waals surface area contributed by atoms with Crippen LogP contribution in [0.2, 0.25) is 0 Å². The summed E-state index contributed by atoms with van der Waals surface area (Å²) >= 11 is 0. The Bertz CT molecular complexity index is 1370. The predicted octanol–water partition coefficient (Wildman–Crippen LogP) is 6.56. The minimum atomic E-state index is 0.556. The van der Waals surface area contributed by atoms with E-state index in [1.54, 1.807) is 0 Å². The van der Waals surface area contributed by atoms with Crippen molar-refractivity contribution in [2.45, 2.75) is 39.5 Å². The summed E-state index contributed by atoms with van der Waals surface area (Å²) in [4.78, 5) is 16.5. The number of nitrogens with one attached hydrogen (secondary N) is 2. The zero-order chi connectivity index (χ0) is 21.4. The lowest BCUT2D eigenvalue weighted by Crippen LogP contribution is -1.80. The van der Waals surface area contributed by atoms with Crippen LogP contribution in [0.15, 0.2) is 36.4 Å². The summed E-state index contributed by atoms with van der Waals surface area (Å²) in [5, 5.41) is 0. The van der Waals surface area contributed by atoms with Gasteiger partial charge < -0.3 is 9.97 Å². The van der Waals surface area contributed by atoms with E-state index in [9.17, 15) is 0 Å². The van der Waals surface area contributed by atoms with Gasteiger partial charge in [-0.05, 0) is 84.6 Å². The monoisotopic (exact) mass is 395 g/mol. The molecule has 0 aliphatic carbocycles. The Labute approximate surface area is 177 Å². The lowest BCUT2D eigenvalue weighted by Gasteiger charge is -1.92. The van der Waals surface area contributed by atoms with Gasteiger partial charge in [0.1, 0.15) is 0 Å². The topological polar surface area (TPSA) is 57.4 Å². The molecule has 3 aromatic heterocycles. The third-order valence-electron chi connectivity index (χ3n) is 5.40. The first-order chi connectivity index (χ1) is 15.1. The highest BCUT2D eigenvalue weighted by molar-refractivity contribution is 5.79. The zero-order valence-electron chi connectivity index (χ0n) is 18.4. The van der Waals surface area contributed by atoms with E-state index >= 15 is 0 Å². The fourth-order valence-corrected chi connectivity index (χ4v) is 4.06. The standard InChI is InChI=1S/C26H26N4/c1-3-5-17-11-23-14-21-8-7-19(27-21)13-20-9-10-22(28-20)15-25-18(6-4-2)12-24(30-25)16-26(17)29-23/h7-16,29-30H,3-6H2,1-2H3/i11D. The summed E-state index contributed by atoms with van der Waals surface area (Å²) < 4.78 is 8.73. The molecular formula is C26H26N4. The number of hydrogen-bond donors (Lipinski definition) is 2. The largest absolute Gasteiger partial charge is 0.355 e. The van der Waals surface area contributed by atoms with Gasteiger partial charge in [0, 0.05) is 22.1 Å². The highest BCUT2D eigenvalue weighted by Crippen LogP contribution is 2.22. The summed E-state index contributed by atoms with van der Waals surface area (Å²) in [5.41, 5.74) is 9.81. The normalized spacial score (nSPS) is 13.1. The molecule has 2 aliphatic heterocycles. The molecule has 0 radical (unpaired) electrons. The van der Waals surface area contributed by atoms with Gasteiger partial charge in [0.05, 0.1) is 24.1 Å². The van der Waals surface area contributed by atoms with E-state index in [2.05, 4.69) is 42.0 Å². The van der Waals surface area contributed by atoms with Crippen molar-refractivity contribution in [1.29, 1.82) is 0 Å². The van der Waals surface area contributed by atoms with E-state index in [1.807, 2.05) is 36.4 Å². The van der Waals surface area contributed by atoms with Gasteiger partial charge in [-0.1, -0.05) is 26.7 Å². The fourth-order valence-electron chi connectivity index (χ4n) is 4.06. The molecule has 30 heavy (non-hydrogen) atoms. The van der Waals surface area contributed by atoms with Gasteiger partial charge >= 0.3 is 0 Å². The summed E-state index contributed by atoms with van der Waals surface area (Å²) in [5.74, 6) is 0. The van der Waals surface area contributed by atoms with E-state index in [-0.39, 0.29) is 0 Å². The van der Waals surface area contributed by atoms with Crippen molar-refractivity contribution in [2.24, 2.45) is 0 Å². The van der Waals surface area contributed by atoms with E-state index in [0.717, 1.165) is 76.1 Å². The maximum atomic E-state index is 8.73. The molecule has 8 bridgehead atoms. The summed E-state index contributed by atoms with van der Waals surface area (Å²) in [6.07, 6.45) is 12.0. The highest BCUT2D eigenvalue weighted by atomic mass is 14.8. The number of H-pyrrole nitrogens is 2. The molecule has 5 rings (SSSR count). The van der Waals surface area contributed by atoms with Crippen LogP contribution in [0.1, 0.15) is 62.0 Å². The Morgan fingerprint density at radius 1 is 0.667 bits per heavy atom. The predicted molar refractivity (Wildman–Crippen MR) is 127 cm³/mol. The maximum Gasteiger partial charge on any atom is 0.0659 e. The number of aromatic nitrogens is 4. The second-order valence-corrected chi connectivity index (χ2v) is 7.89. The maximum absolute atomic E-state index is 8.73. The second kappa shape index (κ2) is 7.79. The lowest BCUT2D eigenvalue weighted by molar-refractivity contribution is 0.931. The molecule has 4 nitrogen and oxygen atoms in total. The Balaban J connectivity index is 1.87. The number of hydrogen-bond acceptors (Lipinski definition) is 2. The van der Waals surface area contributed by atoms with Gasteiger partial charge in [0.15, 0.2) is 0 Å². The van der Waals surface area contributed by atoms with Gasteiger partial charge in [0.25, 0.3) is 0 Å². The molecule has 150 valence electrons. The molecular weight excluding hydrogens is 368 g/mol. The van der Waals surface area contributed by atoms with E-state index < -0.39 is 0 Å². The first-order valence-corrected chi connectivity index (χ1v) is 10.7. The van der Waals surface area contributed by atoms with Crippen LogP contribution in [0.3, 0.4) is 0 Å². The molecule has 0 saturated heterocycles. The van der Waals surface area contributed by atoms with Crippen molar-refractivity contribution in [2.75, 3.05) is 0 Å². The molecule has 5 heterocycles. The summed E-state index contributed by atoms with van der Waals surface area (Å²) in [6, 6.07) is 11.0. The lowest BCUT2D eigenvalue weighted by atomic mass is 10.1. The molecule has 0 spiro atoms. The van der Waals surface area contributed by atoms with Crippen molar-refractivity contribution in [3.63, 3.8) is 0 Å². The number of fused-ring (bicyclic) bond motifs is 8. The molecule has 0 aromatic carbocycles. The van der Waals surface area contributed by atoms with E-state index in [4.69, 9.17) is 11.3 Å². The first kappa shape index (κ1) is 17.5. The number of aromatic amines is 2. The average molecular weight is 396 g/mol. The van der Waals surface area contributed by atoms with Gasteiger partial charge in [-0.15, -0.1) is 0 Å². The molecule has 2 N–H and O–H groups in total. The van der Waals surface area contributed by atoms with Crippen molar-refractivity contribution in [3.05, 3.63) is 70.3 Å². The zero-order valence-corrected chi connectivity index (χ0v) is 17.4. The van der Waals surface area contributed by atoms with Crippen molar-refractivity contribution in [3.8, 4) is 0 Å². The Kier molecular flexibility index (Phi) is 4.53. The van der Waals surface area contributed by atoms with Crippen LogP contribution in [-0.4, -0.2) is 19.9 Å². The Morgan fingerprint density at radius 3 is 1.93 bits per heavy atom. The van der Waals surface area contributed by atoms with Gasteiger partial charge in [0.2, 0.25) is 0 Å². The minimum absolute atomic E-state index is 0.556. The summed E-state index contributed by atoms with van der Waals surface area (Å²) in [6.45, 7) is 4.35. The molecule has 0 saturated carbocycles. The van der Waals surface area contributed by atoms with Crippen LogP contribution in [0, 0.1) is 0 Å². The second-order valence-electron chi connectivity index (χ2n) is 7.89. The number of rotatable bonds is 4. The van der Waals surface area contributed by atoms with Crippen LogP contribution in [0.25, 0.3) is 46.4 Å². The van der Waals surface area contributed by atoms with Crippen LogP contribution in [0.5, 0.6) is 0 Å². The highest BCUT2D eigenvalue weighted by Gasteiger charge is 2.06. The third-order valence-corrected chi connectivity index (χ3v) is 5.40. The van der Waals surface area contributed by atoms with Crippen molar-refractivity contribution >= 4 is 46.4 Å². The molecule has 0 unspecified atom stereocenters. The van der Waals surface area contributed by atoms with E-state index in [1.165, 1.54) is 5.56 Å². The molecule has 2 aliphatic rings. The van der Waals surface area contributed by atoms with Crippen LogP contribution >= 0.6 is 0 Å². The number of nitrogens with zero attached hydrogens (tertiary/aromatic N) is 2. The molecule has 4 heteroatoms. The average Bonchev–Trinajstić information content (AvgIpc) is 3.50. The van der Waals surface area contributed by atoms with Crippen molar-refractivity contribution in [1.82, 2.24) is 19.9 Å². The smallest absolute Gasteiger partial charge is 0.0659 e. The van der Waals surface area contributed by atoms with Crippen LogP contribution < -0.4 is 0 Å². The Morgan fingerprint density at radius 2 is 1.23 bits per heavy atom. The SMILES string of the molecule is [2H]c1c(CCC)c2cc3cc(CCC)c(cc4nc(cc5nc(cc1[nH]2)C=C5)C=C4)[nH]3. The minimum Gasteiger partial charge on any atom is -0.355 e. The van der Waals surface area contributed by atoms with Gasteiger partial charge in [-0.3, -0.25) is 0 Å². The third kappa shape index (κ3) is 3.73. The molecule has 0 atom stereocenters. The van der Waals surface area contributed by atoms with Crippen LogP contribution in [-0.2, 0) is 12.8 Å². The van der Waals surface area contributed by atoms with Gasteiger partial charge in [-0.2, -0.15) is 0 Å². The first-order valence-electron chi connectivity index (χ1n) is 11.2. The van der Waals surface area contributed by atoms with Crippen molar-refractivity contribution < 1.29 is 1.37 Å². The van der Waals surface area contributed by atoms with Gasteiger partial charge in [-0.25, -0.2) is 9.97 Å². The molecule has 0 fully saturated rings. The molecule has 0 amide bonds. The quantitative estimate of drug-likeness (QED) is 0.362.